The van der Waals surface area contributed by atoms with Crippen LogP contribution in [0.3, 0.4) is 0 Å². The average Bonchev–Trinajstić information content (AvgIpc) is 3.43. The van der Waals surface area contributed by atoms with Gasteiger partial charge in [0, 0.05) is 21.8 Å². The number of thioether (sulfide) groups is 1. The lowest BCUT2D eigenvalue weighted by Crippen LogP contribution is -2.07. The van der Waals surface area contributed by atoms with Crippen LogP contribution >= 0.6 is 34.4 Å². The van der Waals surface area contributed by atoms with Crippen molar-refractivity contribution in [2.45, 2.75) is 25.6 Å². The van der Waals surface area contributed by atoms with E-state index in [-0.39, 0.29) is 11.5 Å². The number of aromatic nitrogens is 3. The van der Waals surface area contributed by atoms with Gasteiger partial charge in [-0.15, -0.1) is 32.9 Å². The molecule has 0 saturated heterocycles. The summed E-state index contributed by atoms with van der Waals surface area (Å²) in [6.07, 6.45) is 0. The van der Waals surface area contributed by atoms with Gasteiger partial charge < -0.3 is 8.98 Å². The third-order valence-electron chi connectivity index (χ3n) is 4.23. The lowest BCUT2D eigenvalue weighted by atomic mass is 10.2. The van der Waals surface area contributed by atoms with Crippen LogP contribution in [0.1, 0.15) is 26.6 Å². The van der Waals surface area contributed by atoms with E-state index in [2.05, 4.69) is 26.2 Å². The maximum absolute atomic E-state index is 12.7. The molecule has 0 atom stereocenters. The monoisotopic (exact) mass is 415 g/mol. The molecule has 0 unspecified atom stereocenters. The van der Waals surface area contributed by atoms with E-state index in [0.717, 1.165) is 28.4 Å². The van der Waals surface area contributed by atoms with Crippen molar-refractivity contribution in [3.05, 3.63) is 62.9 Å². The van der Waals surface area contributed by atoms with Crippen molar-refractivity contribution in [2.75, 3.05) is 5.75 Å². The minimum Gasteiger partial charge on any atom is -0.410 e. The molecule has 0 aromatic carbocycles. The van der Waals surface area contributed by atoms with Gasteiger partial charge in [-0.1, -0.05) is 23.9 Å². The summed E-state index contributed by atoms with van der Waals surface area (Å²) >= 11 is 4.55. The Morgan fingerprint density at radius 1 is 1.19 bits per heavy atom. The zero-order valence-corrected chi connectivity index (χ0v) is 17.3. The quantitative estimate of drug-likeness (QED) is 0.303. The molecule has 0 saturated carbocycles. The van der Waals surface area contributed by atoms with Gasteiger partial charge in [0.25, 0.3) is 11.1 Å². The fourth-order valence-electron chi connectivity index (χ4n) is 2.86. The van der Waals surface area contributed by atoms with Crippen LogP contribution in [0.15, 0.2) is 50.7 Å². The standard InChI is InChI=1S/C19H17N3O2S3/c1-12-9-15(13(2)22(12)10-14-5-3-7-25-14)16(23)11-27-19-21-20-18(24-19)17-6-4-8-26-17/h3-9H,10-11H2,1-2H3. The van der Waals surface area contributed by atoms with Crippen molar-refractivity contribution in [3.8, 4) is 10.8 Å². The summed E-state index contributed by atoms with van der Waals surface area (Å²) < 4.78 is 7.82. The lowest BCUT2D eigenvalue weighted by molar-refractivity contribution is 0.102. The number of carbonyl (C=O) groups is 1. The van der Waals surface area contributed by atoms with E-state index >= 15 is 0 Å². The molecule has 0 spiro atoms. The summed E-state index contributed by atoms with van der Waals surface area (Å²) in [7, 11) is 0. The molecule has 5 nitrogen and oxygen atoms in total. The number of hydrogen-bond donors (Lipinski definition) is 0. The van der Waals surface area contributed by atoms with Gasteiger partial charge in [-0.2, -0.15) is 0 Å². The largest absolute Gasteiger partial charge is 0.410 e. The normalized spacial score (nSPS) is 11.2. The van der Waals surface area contributed by atoms with Crippen LogP contribution in [0.2, 0.25) is 0 Å². The van der Waals surface area contributed by atoms with Crippen LogP contribution in [-0.4, -0.2) is 26.3 Å². The van der Waals surface area contributed by atoms with Crippen molar-refractivity contribution in [1.82, 2.24) is 14.8 Å². The van der Waals surface area contributed by atoms with Gasteiger partial charge in [0.2, 0.25) is 0 Å². The highest BCUT2D eigenvalue weighted by atomic mass is 32.2. The molecule has 4 aromatic heterocycles. The van der Waals surface area contributed by atoms with E-state index < -0.39 is 0 Å². The minimum atomic E-state index is 0.0707. The van der Waals surface area contributed by atoms with E-state index in [1.807, 2.05) is 43.5 Å². The highest BCUT2D eigenvalue weighted by Gasteiger charge is 2.18. The molecular formula is C19H17N3O2S3. The number of rotatable bonds is 7. The maximum Gasteiger partial charge on any atom is 0.277 e. The zero-order valence-electron chi connectivity index (χ0n) is 14.8. The SMILES string of the molecule is Cc1cc(C(=O)CSc2nnc(-c3cccs3)o2)c(C)n1Cc1cccs1. The number of ketones is 1. The minimum absolute atomic E-state index is 0.0707. The topological polar surface area (TPSA) is 60.9 Å². The van der Waals surface area contributed by atoms with E-state index in [0.29, 0.717) is 11.1 Å². The number of hydrogen-bond acceptors (Lipinski definition) is 7. The Labute approximate surface area is 169 Å². The second-order valence-corrected chi connectivity index (χ2v) is 8.92. The molecule has 0 fully saturated rings. The Morgan fingerprint density at radius 2 is 2.00 bits per heavy atom. The van der Waals surface area contributed by atoms with Crippen LogP contribution in [0.25, 0.3) is 10.8 Å². The van der Waals surface area contributed by atoms with Gasteiger partial charge in [0.15, 0.2) is 5.78 Å². The fraction of sp³-hybridized carbons (Fsp3) is 0.211. The first-order valence-electron chi connectivity index (χ1n) is 8.34. The fourth-order valence-corrected chi connectivity index (χ4v) is 4.84. The molecule has 4 aromatic rings. The zero-order chi connectivity index (χ0) is 18.8. The molecular weight excluding hydrogens is 398 g/mol. The van der Waals surface area contributed by atoms with Gasteiger partial charge in [-0.05, 0) is 42.8 Å². The van der Waals surface area contributed by atoms with Gasteiger partial charge in [-0.3, -0.25) is 4.79 Å². The predicted molar refractivity (Wildman–Crippen MR) is 110 cm³/mol. The Bertz CT molecular complexity index is 1050. The van der Waals surface area contributed by atoms with Gasteiger partial charge in [0.1, 0.15) is 0 Å². The molecule has 27 heavy (non-hydrogen) atoms. The highest BCUT2D eigenvalue weighted by Crippen LogP contribution is 2.27. The molecule has 0 aliphatic carbocycles. The molecule has 4 rings (SSSR count). The Kier molecular flexibility index (Phi) is 5.29. The lowest BCUT2D eigenvalue weighted by Gasteiger charge is -2.08. The van der Waals surface area contributed by atoms with Crippen LogP contribution in [0.4, 0.5) is 0 Å². The van der Waals surface area contributed by atoms with E-state index in [4.69, 9.17) is 4.42 Å². The van der Waals surface area contributed by atoms with Crippen molar-refractivity contribution >= 4 is 40.2 Å². The molecule has 0 aliphatic heterocycles. The predicted octanol–water partition coefficient (Wildman–Crippen LogP) is 5.30. The molecule has 4 heterocycles. The van der Waals surface area contributed by atoms with Gasteiger partial charge in [0.05, 0.1) is 17.2 Å². The van der Waals surface area contributed by atoms with Crippen molar-refractivity contribution < 1.29 is 9.21 Å². The van der Waals surface area contributed by atoms with Crippen LogP contribution in [0, 0.1) is 13.8 Å². The molecule has 8 heteroatoms. The number of aryl methyl sites for hydroxylation is 1. The van der Waals surface area contributed by atoms with Gasteiger partial charge in [-0.25, -0.2) is 0 Å². The van der Waals surface area contributed by atoms with Gasteiger partial charge >= 0.3 is 0 Å². The average molecular weight is 416 g/mol. The number of thiophene rings is 2. The number of Topliss-reactive ketones (excluding diaryl/α,β-unsaturated/α-hetero) is 1. The Morgan fingerprint density at radius 3 is 2.74 bits per heavy atom. The summed E-state index contributed by atoms with van der Waals surface area (Å²) in [6, 6.07) is 10.00. The van der Waals surface area contributed by atoms with E-state index in [1.165, 1.54) is 16.6 Å². The summed E-state index contributed by atoms with van der Waals surface area (Å²) in [5.74, 6) is 0.838. The number of carbonyl (C=O) groups excluding carboxylic acids is 1. The Balaban J connectivity index is 1.44. The third kappa shape index (κ3) is 3.92. The smallest absolute Gasteiger partial charge is 0.277 e. The van der Waals surface area contributed by atoms with Crippen molar-refractivity contribution in [2.24, 2.45) is 0 Å². The molecule has 0 amide bonds. The second-order valence-electron chi connectivity index (χ2n) is 6.01. The first kappa shape index (κ1) is 18.2. The molecule has 0 N–H and O–H groups in total. The molecule has 0 radical (unpaired) electrons. The van der Waals surface area contributed by atoms with Crippen LogP contribution < -0.4 is 0 Å². The first-order valence-corrected chi connectivity index (χ1v) is 11.1. The summed E-state index contributed by atoms with van der Waals surface area (Å²) in [6.45, 7) is 4.83. The third-order valence-corrected chi connectivity index (χ3v) is 6.77. The van der Waals surface area contributed by atoms with E-state index in [9.17, 15) is 4.79 Å². The molecule has 0 aliphatic rings. The Hall–Kier alpha value is -2.16. The van der Waals surface area contributed by atoms with Crippen molar-refractivity contribution in [3.63, 3.8) is 0 Å². The van der Waals surface area contributed by atoms with Crippen molar-refractivity contribution in [1.29, 1.82) is 0 Å². The second kappa shape index (κ2) is 7.84. The summed E-state index contributed by atoms with van der Waals surface area (Å²) in [4.78, 5) is 14.9. The molecule has 138 valence electrons. The summed E-state index contributed by atoms with van der Waals surface area (Å²) in [5.41, 5.74) is 2.85. The number of nitrogens with zero attached hydrogens (tertiary/aromatic N) is 3. The van der Waals surface area contributed by atoms with Crippen LogP contribution in [0.5, 0.6) is 0 Å². The first-order chi connectivity index (χ1) is 13.1. The molecule has 0 bridgehead atoms. The van der Waals surface area contributed by atoms with Crippen LogP contribution in [-0.2, 0) is 6.54 Å². The van der Waals surface area contributed by atoms with E-state index in [1.54, 1.807) is 22.7 Å². The summed E-state index contributed by atoms with van der Waals surface area (Å²) in [5, 5.41) is 12.5. The maximum atomic E-state index is 12.7. The highest BCUT2D eigenvalue weighted by molar-refractivity contribution is 7.99.